The number of carbonyl (C=O) groups is 1. The molecule has 0 spiro atoms. The Morgan fingerprint density at radius 3 is 2.60 bits per heavy atom. The maximum absolute atomic E-state index is 13.5. The molecule has 152 valence electrons. The second-order valence-corrected chi connectivity index (χ2v) is 6.43. The highest BCUT2D eigenvalue weighted by molar-refractivity contribution is 6.11. The predicted molar refractivity (Wildman–Crippen MR) is 117 cm³/mol. The van der Waals surface area contributed by atoms with E-state index in [9.17, 15) is 14.3 Å². The number of hydrogen-bond donors (Lipinski definition) is 1. The molecule has 1 N–H and O–H groups in total. The molecule has 0 radical (unpaired) electrons. The molecular weight excluding hydrogens is 383 g/mol. The number of benzene rings is 2. The molecule has 0 bridgehead atoms. The van der Waals surface area contributed by atoms with Gasteiger partial charge >= 0.3 is 5.97 Å². The summed E-state index contributed by atoms with van der Waals surface area (Å²) in [6.45, 7) is 8.33. The van der Waals surface area contributed by atoms with Crippen LogP contribution in [0.2, 0.25) is 0 Å². The molecule has 0 fully saturated rings. The smallest absolute Gasteiger partial charge is 0.336 e. The van der Waals surface area contributed by atoms with Crippen molar-refractivity contribution in [1.82, 2.24) is 4.98 Å². The molecular formula is C24H21FN2O3. The van der Waals surface area contributed by atoms with E-state index in [1.54, 1.807) is 6.21 Å². The van der Waals surface area contributed by atoms with Crippen LogP contribution in [0.4, 0.5) is 4.39 Å². The second-order valence-electron chi connectivity index (χ2n) is 6.43. The standard InChI is InChI=1S/C24H21FN2O3/c1-4-16(17-6-9-19(10-7-17)30-5-2)14-26-15(3)23-13-21(24(28)29)20-12-18(25)8-11-22(20)27-23/h4,6-14H,3,5H2,1-2H3,(H,28,29)/b16-4+,26-14?. The van der Waals surface area contributed by atoms with Gasteiger partial charge in [-0.3, -0.25) is 4.99 Å². The van der Waals surface area contributed by atoms with Gasteiger partial charge in [-0.1, -0.05) is 24.8 Å². The molecule has 5 nitrogen and oxygen atoms in total. The number of aromatic carboxylic acids is 1. The second kappa shape index (κ2) is 9.13. The first-order chi connectivity index (χ1) is 14.4. The van der Waals surface area contributed by atoms with Gasteiger partial charge < -0.3 is 9.84 Å². The lowest BCUT2D eigenvalue weighted by Crippen LogP contribution is -2.02. The lowest BCUT2D eigenvalue weighted by atomic mass is 10.1. The van der Waals surface area contributed by atoms with Crippen molar-refractivity contribution in [2.24, 2.45) is 4.99 Å². The quantitative estimate of drug-likeness (QED) is 0.519. The maximum atomic E-state index is 13.5. The van der Waals surface area contributed by atoms with Crippen LogP contribution in [0.1, 0.15) is 35.5 Å². The molecule has 0 aliphatic carbocycles. The highest BCUT2D eigenvalue weighted by atomic mass is 19.1. The summed E-state index contributed by atoms with van der Waals surface area (Å²) < 4.78 is 19.0. The maximum Gasteiger partial charge on any atom is 0.336 e. The SMILES string of the molecule is C=C(N=C/C(=C\C)c1ccc(OCC)cc1)c1cc(C(=O)O)c2cc(F)ccc2n1. The summed E-state index contributed by atoms with van der Waals surface area (Å²) in [6, 6.07) is 12.8. The molecule has 3 aromatic rings. The van der Waals surface area contributed by atoms with Gasteiger partial charge in [0.2, 0.25) is 0 Å². The molecule has 0 aliphatic heterocycles. The van der Waals surface area contributed by atoms with E-state index in [-0.39, 0.29) is 10.9 Å². The molecule has 3 rings (SSSR count). The average Bonchev–Trinajstić information content (AvgIpc) is 2.74. The number of allylic oxidation sites excluding steroid dienone is 2. The Morgan fingerprint density at radius 2 is 1.97 bits per heavy atom. The number of hydrogen-bond acceptors (Lipinski definition) is 4. The zero-order valence-corrected chi connectivity index (χ0v) is 16.7. The number of aromatic nitrogens is 1. The largest absolute Gasteiger partial charge is 0.494 e. The van der Waals surface area contributed by atoms with Crippen LogP contribution in [-0.4, -0.2) is 28.9 Å². The number of carboxylic acids is 1. The third-order valence-electron chi connectivity index (χ3n) is 4.47. The van der Waals surface area contributed by atoms with E-state index < -0.39 is 11.8 Å². The molecule has 0 atom stereocenters. The number of pyridine rings is 1. The molecule has 0 amide bonds. The number of nitrogens with zero attached hydrogens (tertiary/aromatic N) is 2. The van der Waals surface area contributed by atoms with E-state index in [0.717, 1.165) is 23.0 Å². The van der Waals surface area contributed by atoms with E-state index in [2.05, 4.69) is 16.6 Å². The molecule has 1 aromatic heterocycles. The Bertz CT molecular complexity index is 1170. The third-order valence-corrected chi connectivity index (χ3v) is 4.47. The number of aliphatic imine (C=N–C) groups is 1. The summed E-state index contributed by atoms with van der Waals surface area (Å²) in [5.41, 5.74) is 2.73. The predicted octanol–water partition coefficient (Wildman–Crippen LogP) is 5.62. The summed E-state index contributed by atoms with van der Waals surface area (Å²) in [6.07, 6.45) is 3.56. The number of rotatable bonds is 7. The van der Waals surface area contributed by atoms with Crippen LogP contribution in [0.15, 0.2) is 66.2 Å². The molecule has 2 aromatic carbocycles. The molecule has 6 heteroatoms. The van der Waals surface area contributed by atoms with Gasteiger partial charge in [0.15, 0.2) is 0 Å². The van der Waals surface area contributed by atoms with Crippen LogP contribution in [-0.2, 0) is 0 Å². The Labute approximate surface area is 173 Å². The zero-order chi connectivity index (χ0) is 21.7. The first kappa shape index (κ1) is 20.9. The van der Waals surface area contributed by atoms with Crippen LogP contribution in [0.3, 0.4) is 0 Å². The first-order valence-corrected chi connectivity index (χ1v) is 9.39. The summed E-state index contributed by atoms with van der Waals surface area (Å²) in [4.78, 5) is 20.4. The third kappa shape index (κ3) is 4.60. The van der Waals surface area contributed by atoms with Gasteiger partial charge in [-0.15, -0.1) is 0 Å². The molecule has 1 heterocycles. The number of carboxylic acid groups (broad SMARTS) is 1. The van der Waals surface area contributed by atoms with Crippen molar-refractivity contribution in [2.75, 3.05) is 6.61 Å². The lowest BCUT2D eigenvalue weighted by Gasteiger charge is -2.08. The Morgan fingerprint density at radius 1 is 1.23 bits per heavy atom. The number of fused-ring (bicyclic) bond motifs is 1. The number of ether oxygens (including phenoxy) is 1. The molecule has 0 saturated heterocycles. The van der Waals surface area contributed by atoms with Crippen LogP contribution in [0, 0.1) is 5.82 Å². The highest BCUT2D eigenvalue weighted by Crippen LogP contribution is 2.24. The molecule has 30 heavy (non-hydrogen) atoms. The molecule has 0 saturated carbocycles. The van der Waals surface area contributed by atoms with Crippen LogP contribution >= 0.6 is 0 Å². The van der Waals surface area contributed by atoms with Gasteiger partial charge in [-0.05, 0) is 61.4 Å². The van der Waals surface area contributed by atoms with Gasteiger partial charge in [0, 0.05) is 11.6 Å². The fourth-order valence-electron chi connectivity index (χ4n) is 2.96. The van der Waals surface area contributed by atoms with E-state index in [4.69, 9.17) is 4.74 Å². The highest BCUT2D eigenvalue weighted by Gasteiger charge is 2.14. The van der Waals surface area contributed by atoms with Crippen molar-refractivity contribution in [3.63, 3.8) is 0 Å². The van der Waals surface area contributed by atoms with E-state index in [0.29, 0.717) is 23.5 Å². The van der Waals surface area contributed by atoms with Crippen molar-refractivity contribution in [1.29, 1.82) is 0 Å². The fourth-order valence-corrected chi connectivity index (χ4v) is 2.96. The van der Waals surface area contributed by atoms with E-state index in [1.165, 1.54) is 18.2 Å². The van der Waals surface area contributed by atoms with Crippen molar-refractivity contribution in [3.05, 3.63) is 83.8 Å². The van der Waals surface area contributed by atoms with Gasteiger partial charge in [-0.25, -0.2) is 14.2 Å². The molecule has 0 unspecified atom stereocenters. The van der Waals surface area contributed by atoms with Crippen molar-refractivity contribution in [3.8, 4) is 5.75 Å². The van der Waals surface area contributed by atoms with Crippen LogP contribution < -0.4 is 4.74 Å². The Balaban J connectivity index is 1.90. The first-order valence-electron chi connectivity index (χ1n) is 9.39. The van der Waals surface area contributed by atoms with Crippen molar-refractivity contribution in [2.45, 2.75) is 13.8 Å². The van der Waals surface area contributed by atoms with E-state index >= 15 is 0 Å². The van der Waals surface area contributed by atoms with E-state index in [1.807, 2.05) is 44.2 Å². The van der Waals surface area contributed by atoms with Crippen molar-refractivity contribution >= 4 is 34.4 Å². The van der Waals surface area contributed by atoms with Gasteiger partial charge in [0.1, 0.15) is 11.6 Å². The minimum Gasteiger partial charge on any atom is -0.494 e. The van der Waals surface area contributed by atoms with Crippen molar-refractivity contribution < 1.29 is 19.0 Å². The Kier molecular flexibility index (Phi) is 6.37. The fraction of sp³-hybridized carbons (Fsp3) is 0.125. The normalized spacial score (nSPS) is 11.8. The van der Waals surface area contributed by atoms with Crippen LogP contribution in [0.5, 0.6) is 5.75 Å². The minimum absolute atomic E-state index is 0.0522. The Hall–Kier alpha value is -3.80. The lowest BCUT2D eigenvalue weighted by molar-refractivity contribution is 0.0699. The summed E-state index contributed by atoms with van der Waals surface area (Å²) in [5.74, 6) is -0.907. The zero-order valence-electron chi connectivity index (χ0n) is 16.7. The van der Waals surface area contributed by atoms with Crippen LogP contribution in [0.25, 0.3) is 22.2 Å². The summed E-state index contributed by atoms with van der Waals surface area (Å²) in [5, 5.41) is 9.74. The summed E-state index contributed by atoms with van der Waals surface area (Å²) >= 11 is 0. The minimum atomic E-state index is -1.17. The van der Waals surface area contributed by atoms with Gasteiger partial charge in [0.25, 0.3) is 0 Å². The number of halogens is 1. The monoisotopic (exact) mass is 404 g/mol. The molecule has 0 aliphatic rings. The summed E-state index contributed by atoms with van der Waals surface area (Å²) in [7, 11) is 0. The van der Waals surface area contributed by atoms with Gasteiger partial charge in [-0.2, -0.15) is 0 Å². The average molecular weight is 404 g/mol. The topological polar surface area (TPSA) is 71.8 Å². The van der Waals surface area contributed by atoms with Gasteiger partial charge in [0.05, 0.1) is 29.1 Å².